The summed E-state index contributed by atoms with van der Waals surface area (Å²) in [6, 6.07) is 8.66. The van der Waals surface area contributed by atoms with Gasteiger partial charge >= 0.3 is 0 Å². The van der Waals surface area contributed by atoms with Crippen molar-refractivity contribution >= 4 is 28.6 Å². The highest BCUT2D eigenvalue weighted by molar-refractivity contribution is 7.14. The zero-order valence-electron chi connectivity index (χ0n) is 10.7. The molecule has 0 aliphatic carbocycles. The van der Waals surface area contributed by atoms with E-state index in [-0.39, 0.29) is 5.91 Å². The molecule has 0 aliphatic rings. The molecule has 2 rings (SSSR count). The highest BCUT2D eigenvalue weighted by Gasteiger charge is 2.12. The average molecular weight is 271 g/mol. The average Bonchev–Trinajstić information content (AvgIpc) is 2.72. The lowest BCUT2D eigenvalue weighted by Crippen LogP contribution is -2.11. The van der Waals surface area contributed by atoms with E-state index in [0.29, 0.717) is 21.8 Å². The standard InChI is InChI=1S/C14H13N3OS/c1-8-5-13(19-9(8)2)14(18)17-12-4-3-10(7-15)6-11(12)16/h3-6H,16H2,1-2H3,(H,17,18). The van der Waals surface area contributed by atoms with Gasteiger partial charge in [0.15, 0.2) is 0 Å². The summed E-state index contributed by atoms with van der Waals surface area (Å²) in [4.78, 5) is 13.8. The number of nitrogen functional groups attached to an aromatic ring is 1. The molecule has 0 atom stereocenters. The Hall–Kier alpha value is -2.32. The van der Waals surface area contributed by atoms with E-state index in [1.54, 1.807) is 18.2 Å². The van der Waals surface area contributed by atoms with Crippen molar-refractivity contribution in [3.63, 3.8) is 0 Å². The molecule has 0 saturated carbocycles. The van der Waals surface area contributed by atoms with Gasteiger partial charge in [-0.05, 0) is 43.7 Å². The summed E-state index contributed by atoms with van der Waals surface area (Å²) < 4.78 is 0. The number of nitrogens with two attached hydrogens (primary N) is 1. The van der Waals surface area contributed by atoms with Gasteiger partial charge in [0.25, 0.3) is 5.91 Å². The fraction of sp³-hybridized carbons (Fsp3) is 0.143. The van der Waals surface area contributed by atoms with Crippen LogP contribution in [0.25, 0.3) is 0 Å². The van der Waals surface area contributed by atoms with Crippen LogP contribution in [-0.2, 0) is 0 Å². The number of benzene rings is 1. The van der Waals surface area contributed by atoms with Crippen molar-refractivity contribution in [1.29, 1.82) is 5.26 Å². The molecule has 0 aliphatic heterocycles. The Balaban J connectivity index is 2.22. The Kier molecular flexibility index (Phi) is 3.54. The van der Waals surface area contributed by atoms with Crippen molar-refractivity contribution in [2.24, 2.45) is 0 Å². The van der Waals surface area contributed by atoms with Crippen LogP contribution in [0, 0.1) is 25.2 Å². The second kappa shape index (κ2) is 5.12. The third-order valence-electron chi connectivity index (χ3n) is 2.82. The van der Waals surface area contributed by atoms with E-state index in [4.69, 9.17) is 11.0 Å². The number of hydrogen-bond acceptors (Lipinski definition) is 4. The molecule has 96 valence electrons. The molecule has 0 saturated heterocycles. The van der Waals surface area contributed by atoms with Gasteiger partial charge in [0, 0.05) is 4.88 Å². The molecule has 0 bridgehead atoms. The topological polar surface area (TPSA) is 78.9 Å². The monoisotopic (exact) mass is 271 g/mol. The number of carbonyl (C=O) groups is 1. The van der Waals surface area contributed by atoms with Gasteiger partial charge in [-0.3, -0.25) is 4.79 Å². The molecule has 5 heteroatoms. The van der Waals surface area contributed by atoms with E-state index in [1.165, 1.54) is 11.3 Å². The van der Waals surface area contributed by atoms with Crippen LogP contribution in [0.1, 0.15) is 25.7 Å². The molecule has 19 heavy (non-hydrogen) atoms. The molecule has 0 radical (unpaired) electrons. The first-order valence-corrected chi connectivity index (χ1v) is 6.51. The van der Waals surface area contributed by atoms with Crippen molar-refractivity contribution in [3.8, 4) is 6.07 Å². The Morgan fingerprint density at radius 3 is 2.63 bits per heavy atom. The van der Waals surface area contributed by atoms with Gasteiger partial charge in [-0.25, -0.2) is 0 Å². The normalized spacial score (nSPS) is 9.95. The van der Waals surface area contributed by atoms with E-state index in [2.05, 4.69) is 5.32 Å². The Bertz CT molecular complexity index is 663. The number of thiophene rings is 1. The second-order valence-corrected chi connectivity index (χ2v) is 5.47. The first kappa shape index (κ1) is 13.1. The van der Waals surface area contributed by atoms with Crippen LogP contribution in [0.4, 0.5) is 11.4 Å². The van der Waals surface area contributed by atoms with E-state index >= 15 is 0 Å². The number of aryl methyl sites for hydroxylation is 2. The van der Waals surface area contributed by atoms with Gasteiger partial charge in [-0.1, -0.05) is 0 Å². The lowest BCUT2D eigenvalue weighted by Gasteiger charge is -2.07. The number of anilines is 2. The Labute approximate surface area is 115 Å². The van der Waals surface area contributed by atoms with E-state index in [0.717, 1.165) is 10.4 Å². The zero-order chi connectivity index (χ0) is 14.0. The molecule has 0 fully saturated rings. The van der Waals surface area contributed by atoms with Crippen molar-refractivity contribution in [2.45, 2.75) is 13.8 Å². The van der Waals surface area contributed by atoms with Crippen LogP contribution in [0.15, 0.2) is 24.3 Å². The molecule has 0 spiro atoms. The summed E-state index contributed by atoms with van der Waals surface area (Å²) in [5.41, 5.74) is 8.27. The molecular weight excluding hydrogens is 258 g/mol. The second-order valence-electron chi connectivity index (χ2n) is 4.22. The lowest BCUT2D eigenvalue weighted by atomic mass is 10.2. The van der Waals surface area contributed by atoms with Crippen LogP contribution in [0.3, 0.4) is 0 Å². The van der Waals surface area contributed by atoms with Crippen molar-refractivity contribution in [2.75, 3.05) is 11.1 Å². The molecular formula is C14H13N3OS. The number of nitrogens with zero attached hydrogens (tertiary/aromatic N) is 1. The summed E-state index contributed by atoms with van der Waals surface area (Å²) in [5.74, 6) is -0.183. The fourth-order valence-corrected chi connectivity index (χ4v) is 2.54. The Morgan fingerprint density at radius 1 is 1.37 bits per heavy atom. The van der Waals surface area contributed by atoms with E-state index in [1.807, 2.05) is 26.0 Å². The van der Waals surface area contributed by atoms with Gasteiger partial charge in [-0.15, -0.1) is 11.3 Å². The number of nitriles is 1. The number of rotatable bonds is 2. The number of amides is 1. The minimum Gasteiger partial charge on any atom is -0.397 e. The number of nitrogens with one attached hydrogen (secondary N) is 1. The summed E-state index contributed by atoms with van der Waals surface area (Å²) in [7, 11) is 0. The maximum Gasteiger partial charge on any atom is 0.265 e. The predicted octanol–water partition coefficient (Wildman–Crippen LogP) is 3.07. The highest BCUT2D eigenvalue weighted by Crippen LogP contribution is 2.24. The molecule has 1 heterocycles. The summed E-state index contributed by atoms with van der Waals surface area (Å²) in [6.07, 6.45) is 0. The third kappa shape index (κ3) is 2.75. The molecule has 4 nitrogen and oxygen atoms in total. The molecule has 1 amide bonds. The summed E-state index contributed by atoms with van der Waals surface area (Å²) >= 11 is 1.45. The highest BCUT2D eigenvalue weighted by atomic mass is 32.1. The van der Waals surface area contributed by atoms with Gasteiger partial charge in [-0.2, -0.15) is 5.26 Å². The maximum absolute atomic E-state index is 12.1. The largest absolute Gasteiger partial charge is 0.397 e. The van der Waals surface area contributed by atoms with E-state index < -0.39 is 0 Å². The van der Waals surface area contributed by atoms with Crippen LogP contribution in [0.5, 0.6) is 0 Å². The van der Waals surface area contributed by atoms with Crippen LogP contribution >= 0.6 is 11.3 Å². The lowest BCUT2D eigenvalue weighted by molar-refractivity contribution is 0.103. The van der Waals surface area contributed by atoms with Crippen LogP contribution in [-0.4, -0.2) is 5.91 Å². The number of hydrogen-bond donors (Lipinski definition) is 2. The smallest absolute Gasteiger partial charge is 0.265 e. The van der Waals surface area contributed by atoms with Crippen LogP contribution < -0.4 is 11.1 Å². The van der Waals surface area contributed by atoms with Crippen molar-refractivity contribution in [1.82, 2.24) is 0 Å². The summed E-state index contributed by atoms with van der Waals surface area (Å²) in [6.45, 7) is 3.95. The van der Waals surface area contributed by atoms with Crippen molar-refractivity contribution < 1.29 is 4.79 Å². The minimum atomic E-state index is -0.183. The predicted molar refractivity (Wildman–Crippen MR) is 77.3 cm³/mol. The quantitative estimate of drug-likeness (QED) is 0.824. The molecule has 1 aromatic heterocycles. The van der Waals surface area contributed by atoms with Gasteiger partial charge in [0.1, 0.15) is 0 Å². The zero-order valence-corrected chi connectivity index (χ0v) is 11.5. The Morgan fingerprint density at radius 2 is 2.11 bits per heavy atom. The molecule has 2 aromatic rings. The maximum atomic E-state index is 12.1. The van der Waals surface area contributed by atoms with Crippen molar-refractivity contribution in [3.05, 3.63) is 45.1 Å². The molecule has 3 N–H and O–H groups in total. The third-order valence-corrected chi connectivity index (χ3v) is 3.97. The molecule has 1 aromatic carbocycles. The van der Waals surface area contributed by atoms with Gasteiger partial charge < -0.3 is 11.1 Å². The first-order valence-electron chi connectivity index (χ1n) is 5.69. The summed E-state index contributed by atoms with van der Waals surface area (Å²) in [5, 5.41) is 11.5. The van der Waals surface area contributed by atoms with Gasteiger partial charge in [0.05, 0.1) is 27.9 Å². The minimum absolute atomic E-state index is 0.183. The van der Waals surface area contributed by atoms with E-state index in [9.17, 15) is 4.79 Å². The van der Waals surface area contributed by atoms with Gasteiger partial charge in [0.2, 0.25) is 0 Å². The number of carbonyl (C=O) groups excluding carboxylic acids is 1. The van der Waals surface area contributed by atoms with Crippen LogP contribution in [0.2, 0.25) is 0 Å². The molecule has 0 unspecified atom stereocenters. The first-order chi connectivity index (χ1) is 9.01. The fourth-order valence-electron chi connectivity index (χ4n) is 1.62. The SMILES string of the molecule is Cc1cc(C(=O)Nc2ccc(C#N)cc2N)sc1C.